The summed E-state index contributed by atoms with van der Waals surface area (Å²) in [5.41, 5.74) is 5.17. The average Bonchev–Trinajstić information content (AvgIpc) is 2.73. The summed E-state index contributed by atoms with van der Waals surface area (Å²) in [7, 11) is 3.05. The molecule has 0 saturated heterocycles. The van der Waals surface area contributed by atoms with Crippen molar-refractivity contribution in [3.63, 3.8) is 0 Å². The van der Waals surface area contributed by atoms with Crippen molar-refractivity contribution in [1.82, 2.24) is 20.2 Å². The van der Waals surface area contributed by atoms with Gasteiger partial charge in [0.25, 0.3) is 0 Å². The molecule has 1 aromatic heterocycles. The fourth-order valence-corrected chi connectivity index (χ4v) is 1.75. The van der Waals surface area contributed by atoms with Crippen molar-refractivity contribution in [2.24, 2.45) is 5.73 Å². The van der Waals surface area contributed by atoms with Gasteiger partial charge in [-0.1, -0.05) is 11.8 Å². The summed E-state index contributed by atoms with van der Waals surface area (Å²) < 4.78 is 11.6. The van der Waals surface area contributed by atoms with Crippen LogP contribution in [0.4, 0.5) is 0 Å². The van der Waals surface area contributed by atoms with Gasteiger partial charge in [-0.25, -0.2) is 4.68 Å². The molecule has 0 spiro atoms. The second kappa shape index (κ2) is 6.52. The van der Waals surface area contributed by atoms with E-state index in [0.717, 1.165) is 0 Å². The Morgan fingerprint density at radius 2 is 2.18 bits per heavy atom. The first-order valence-corrected chi connectivity index (χ1v) is 5.74. The van der Waals surface area contributed by atoms with Crippen molar-refractivity contribution in [2.75, 3.05) is 14.2 Å². The van der Waals surface area contributed by atoms with Crippen LogP contribution < -0.4 is 5.73 Å². The fraction of sp³-hybridized carbons (Fsp3) is 0.750. The minimum Gasteiger partial charge on any atom is -0.369 e. The number of nitrogens with two attached hydrogens (primary N) is 1. The molecule has 1 amide bonds. The highest BCUT2D eigenvalue weighted by molar-refractivity contribution is 8.00. The summed E-state index contributed by atoms with van der Waals surface area (Å²) in [6, 6.07) is 0. The second-order valence-corrected chi connectivity index (χ2v) is 4.51. The molecule has 1 heterocycles. The first-order valence-electron chi connectivity index (χ1n) is 4.86. The molecule has 1 atom stereocenters. The Labute approximate surface area is 103 Å². The molecule has 8 nitrogen and oxygen atoms in total. The Bertz CT molecular complexity index is 368. The van der Waals surface area contributed by atoms with Gasteiger partial charge in [0.2, 0.25) is 11.1 Å². The van der Waals surface area contributed by atoms with Crippen molar-refractivity contribution in [3.05, 3.63) is 0 Å². The van der Waals surface area contributed by atoms with Crippen molar-refractivity contribution in [2.45, 2.75) is 30.2 Å². The second-order valence-electron chi connectivity index (χ2n) is 3.21. The number of thioether (sulfide) groups is 1. The lowest BCUT2D eigenvalue weighted by atomic mass is 10.5. The summed E-state index contributed by atoms with van der Waals surface area (Å²) in [5.74, 6) is -0.417. The number of tetrazole rings is 1. The number of hydrogen-bond donors (Lipinski definition) is 1. The van der Waals surface area contributed by atoms with E-state index in [4.69, 9.17) is 15.2 Å². The van der Waals surface area contributed by atoms with Gasteiger partial charge in [0, 0.05) is 14.2 Å². The van der Waals surface area contributed by atoms with Gasteiger partial charge in [-0.05, 0) is 17.4 Å². The van der Waals surface area contributed by atoms with Crippen LogP contribution in [-0.4, -0.2) is 51.9 Å². The Kier molecular flexibility index (Phi) is 5.32. The predicted molar refractivity (Wildman–Crippen MR) is 60.1 cm³/mol. The number of hydrogen-bond acceptors (Lipinski definition) is 7. The Morgan fingerprint density at radius 1 is 1.53 bits per heavy atom. The molecule has 1 aromatic rings. The van der Waals surface area contributed by atoms with Crippen LogP contribution in [0.5, 0.6) is 0 Å². The van der Waals surface area contributed by atoms with Crippen LogP contribution in [0.3, 0.4) is 0 Å². The number of aromatic nitrogens is 4. The number of amides is 1. The summed E-state index contributed by atoms with van der Waals surface area (Å²) in [6.45, 7) is 2.03. The molecule has 2 N–H and O–H groups in total. The topological polar surface area (TPSA) is 105 Å². The van der Waals surface area contributed by atoms with E-state index in [2.05, 4.69) is 15.5 Å². The lowest BCUT2D eigenvalue weighted by Crippen LogP contribution is -2.25. The highest BCUT2D eigenvalue weighted by Crippen LogP contribution is 2.19. The van der Waals surface area contributed by atoms with Crippen molar-refractivity contribution >= 4 is 17.7 Å². The molecule has 96 valence electrons. The van der Waals surface area contributed by atoms with Crippen LogP contribution in [0.1, 0.15) is 6.92 Å². The average molecular weight is 261 g/mol. The normalized spacial score (nSPS) is 12.9. The first kappa shape index (κ1) is 13.9. The molecule has 1 rings (SSSR count). The number of methoxy groups -OCH3 is 2. The van der Waals surface area contributed by atoms with Gasteiger partial charge in [-0.2, -0.15) is 0 Å². The van der Waals surface area contributed by atoms with Crippen LogP contribution in [0.2, 0.25) is 0 Å². The summed E-state index contributed by atoms with van der Waals surface area (Å²) in [4.78, 5) is 10.9. The zero-order valence-electron chi connectivity index (χ0n) is 9.86. The van der Waals surface area contributed by atoms with Crippen LogP contribution in [-0.2, 0) is 20.8 Å². The molecule has 0 aromatic carbocycles. The molecule has 0 bridgehead atoms. The summed E-state index contributed by atoms with van der Waals surface area (Å²) in [6.07, 6.45) is -0.443. The van der Waals surface area contributed by atoms with Crippen LogP contribution in [0.25, 0.3) is 0 Å². The molecule has 0 aliphatic rings. The third-order valence-electron chi connectivity index (χ3n) is 2.03. The van der Waals surface area contributed by atoms with E-state index in [9.17, 15) is 4.79 Å². The lowest BCUT2D eigenvalue weighted by molar-refractivity contribution is -0.117. The molecular formula is C8H15N5O3S. The maximum absolute atomic E-state index is 10.9. The molecule has 9 heteroatoms. The summed E-state index contributed by atoms with van der Waals surface area (Å²) in [5, 5.41) is 11.2. The molecule has 17 heavy (non-hydrogen) atoms. The minimum absolute atomic E-state index is 0.341. The van der Waals surface area contributed by atoms with Crippen LogP contribution >= 0.6 is 11.8 Å². The van der Waals surface area contributed by atoms with Crippen molar-refractivity contribution in [1.29, 1.82) is 0 Å². The standard InChI is InChI=1S/C8H15N5O3S/c1-5(7(9)14)17-8-10-11-12-13(8)4-6(15-2)16-3/h5-6H,4H2,1-3H3,(H2,9,14). The first-order chi connectivity index (χ1) is 8.08. The summed E-state index contributed by atoms with van der Waals surface area (Å²) >= 11 is 1.19. The number of ether oxygens (including phenoxy) is 2. The number of carbonyl (C=O) groups is 1. The van der Waals surface area contributed by atoms with Gasteiger partial charge in [0.1, 0.15) is 0 Å². The third-order valence-corrected chi connectivity index (χ3v) is 3.12. The zero-order valence-corrected chi connectivity index (χ0v) is 10.7. The highest BCUT2D eigenvalue weighted by atomic mass is 32.2. The highest BCUT2D eigenvalue weighted by Gasteiger charge is 2.18. The Hall–Kier alpha value is -1.19. The van der Waals surface area contributed by atoms with Crippen molar-refractivity contribution < 1.29 is 14.3 Å². The van der Waals surface area contributed by atoms with E-state index in [-0.39, 0.29) is 0 Å². The number of carbonyl (C=O) groups excluding carboxylic acids is 1. The van der Waals surface area contributed by atoms with Gasteiger partial charge in [-0.3, -0.25) is 4.79 Å². The maximum atomic E-state index is 10.9. The monoisotopic (exact) mass is 261 g/mol. The van der Waals surface area contributed by atoms with Gasteiger partial charge in [0.15, 0.2) is 6.29 Å². The largest absolute Gasteiger partial charge is 0.369 e. The number of primary amides is 1. The minimum atomic E-state index is -0.443. The zero-order chi connectivity index (χ0) is 12.8. The predicted octanol–water partition coefficient (Wildman–Crippen LogP) is -0.742. The molecule has 0 aliphatic carbocycles. The Balaban J connectivity index is 2.68. The maximum Gasteiger partial charge on any atom is 0.230 e. The van der Waals surface area contributed by atoms with Crippen LogP contribution in [0, 0.1) is 0 Å². The smallest absolute Gasteiger partial charge is 0.230 e. The van der Waals surface area contributed by atoms with Gasteiger partial charge < -0.3 is 15.2 Å². The van der Waals surface area contributed by atoms with E-state index >= 15 is 0 Å². The van der Waals surface area contributed by atoms with Crippen molar-refractivity contribution in [3.8, 4) is 0 Å². The van der Waals surface area contributed by atoms with E-state index in [1.807, 2.05) is 0 Å². The Morgan fingerprint density at radius 3 is 2.71 bits per heavy atom. The van der Waals surface area contributed by atoms with E-state index in [0.29, 0.717) is 11.7 Å². The fourth-order valence-electron chi connectivity index (χ4n) is 0.998. The van der Waals surface area contributed by atoms with Gasteiger partial charge in [0.05, 0.1) is 11.8 Å². The van der Waals surface area contributed by atoms with E-state index < -0.39 is 17.4 Å². The lowest BCUT2D eigenvalue weighted by Gasteiger charge is -2.14. The van der Waals surface area contributed by atoms with Gasteiger partial charge in [-0.15, -0.1) is 5.10 Å². The van der Waals surface area contributed by atoms with E-state index in [1.54, 1.807) is 6.92 Å². The molecular weight excluding hydrogens is 246 g/mol. The molecule has 0 fully saturated rings. The SMILES string of the molecule is COC(Cn1nnnc1SC(C)C(N)=O)OC. The van der Waals surface area contributed by atoms with Gasteiger partial charge >= 0.3 is 0 Å². The molecule has 0 aliphatic heterocycles. The van der Waals surface area contributed by atoms with E-state index in [1.165, 1.54) is 30.7 Å². The quantitative estimate of drug-likeness (QED) is 0.509. The number of rotatable bonds is 7. The molecule has 0 saturated carbocycles. The van der Waals surface area contributed by atoms with Crippen LogP contribution in [0.15, 0.2) is 5.16 Å². The number of nitrogens with zero attached hydrogens (tertiary/aromatic N) is 4. The third kappa shape index (κ3) is 3.95. The molecule has 0 radical (unpaired) electrons. The molecule has 1 unspecified atom stereocenters.